The summed E-state index contributed by atoms with van der Waals surface area (Å²) in [5.74, 6) is -1.06. The van der Waals surface area contributed by atoms with Crippen LogP contribution in [-0.4, -0.2) is 20.7 Å². The van der Waals surface area contributed by atoms with Crippen LogP contribution in [-0.2, 0) is 7.05 Å². The second-order valence-electron chi connectivity index (χ2n) is 4.93. The van der Waals surface area contributed by atoms with Gasteiger partial charge >= 0.3 is 0 Å². The van der Waals surface area contributed by atoms with Crippen LogP contribution in [0.25, 0.3) is 0 Å². The summed E-state index contributed by atoms with van der Waals surface area (Å²) >= 11 is 4.69. The summed E-state index contributed by atoms with van der Waals surface area (Å²) in [4.78, 5) is 13.1. The monoisotopic (exact) mass is 406 g/mol. The second-order valence-corrected chi connectivity index (χ2v) is 6.89. The third kappa shape index (κ3) is 3.82. The highest BCUT2D eigenvalue weighted by atomic mass is 79.9. The third-order valence-electron chi connectivity index (χ3n) is 3.16. The molecule has 3 aromatic rings. The van der Waals surface area contributed by atoms with Crippen LogP contribution in [0.4, 0.5) is 10.1 Å². The van der Waals surface area contributed by atoms with Crippen molar-refractivity contribution in [3.05, 3.63) is 64.6 Å². The Hall–Kier alpha value is -2.19. The molecule has 8 heteroatoms. The van der Waals surface area contributed by atoms with Crippen molar-refractivity contribution in [3.8, 4) is 0 Å². The molecule has 5 nitrogen and oxygen atoms in total. The number of nitrogens with zero attached hydrogens (tertiary/aromatic N) is 3. The number of anilines is 1. The van der Waals surface area contributed by atoms with Gasteiger partial charge in [-0.1, -0.05) is 15.9 Å². The summed E-state index contributed by atoms with van der Waals surface area (Å²) in [7, 11) is 1.86. The fraction of sp³-hybridized carbons (Fsp3) is 0.0625. The maximum atomic E-state index is 13.7. The van der Waals surface area contributed by atoms with E-state index in [9.17, 15) is 9.18 Å². The molecule has 1 heterocycles. The van der Waals surface area contributed by atoms with Crippen molar-refractivity contribution >= 4 is 39.3 Å². The molecule has 3 rings (SSSR count). The predicted octanol–water partition coefficient (Wildman–Crippen LogP) is 4.12. The normalized spacial score (nSPS) is 10.6. The summed E-state index contributed by atoms with van der Waals surface area (Å²) in [6.45, 7) is 0. The van der Waals surface area contributed by atoms with Crippen LogP contribution >= 0.6 is 27.7 Å². The molecule has 0 aliphatic heterocycles. The van der Waals surface area contributed by atoms with Crippen molar-refractivity contribution in [2.75, 3.05) is 5.32 Å². The minimum absolute atomic E-state index is 0.0121. The van der Waals surface area contributed by atoms with E-state index in [1.807, 2.05) is 23.7 Å². The van der Waals surface area contributed by atoms with Gasteiger partial charge in [-0.25, -0.2) is 4.39 Å². The van der Waals surface area contributed by atoms with Gasteiger partial charge in [-0.05, 0) is 54.2 Å². The zero-order valence-corrected chi connectivity index (χ0v) is 14.9. The van der Waals surface area contributed by atoms with E-state index >= 15 is 0 Å². The van der Waals surface area contributed by atoms with E-state index in [-0.39, 0.29) is 5.56 Å². The van der Waals surface area contributed by atoms with E-state index in [1.165, 1.54) is 23.9 Å². The first-order valence-corrected chi connectivity index (χ1v) is 8.52. The summed E-state index contributed by atoms with van der Waals surface area (Å²) in [6.07, 6.45) is 1.63. The number of nitrogens with one attached hydrogen (secondary N) is 1. The number of aryl methyl sites for hydroxylation is 1. The van der Waals surface area contributed by atoms with E-state index in [0.29, 0.717) is 10.2 Å². The van der Waals surface area contributed by atoms with Crippen molar-refractivity contribution in [2.24, 2.45) is 7.05 Å². The van der Waals surface area contributed by atoms with Gasteiger partial charge in [0.1, 0.15) is 12.1 Å². The summed E-state index contributed by atoms with van der Waals surface area (Å²) in [6, 6.07) is 11.5. The minimum Gasteiger partial charge on any atom is -0.322 e. The Morgan fingerprint density at radius 3 is 2.67 bits per heavy atom. The Morgan fingerprint density at radius 2 is 2.00 bits per heavy atom. The lowest BCUT2D eigenvalue weighted by Crippen LogP contribution is -2.13. The van der Waals surface area contributed by atoms with Gasteiger partial charge in [0, 0.05) is 22.1 Å². The number of aromatic nitrogens is 3. The van der Waals surface area contributed by atoms with E-state index in [0.717, 1.165) is 10.1 Å². The van der Waals surface area contributed by atoms with E-state index < -0.39 is 11.7 Å². The molecule has 0 bridgehead atoms. The molecule has 24 heavy (non-hydrogen) atoms. The fourth-order valence-electron chi connectivity index (χ4n) is 1.95. The van der Waals surface area contributed by atoms with Gasteiger partial charge < -0.3 is 9.88 Å². The SMILES string of the molecule is Cn1cnnc1Sc1ccc(NC(=O)c2cc(Br)ccc2F)cc1. The van der Waals surface area contributed by atoms with Crippen LogP contribution < -0.4 is 5.32 Å². The van der Waals surface area contributed by atoms with Crippen molar-refractivity contribution < 1.29 is 9.18 Å². The van der Waals surface area contributed by atoms with Crippen molar-refractivity contribution in [1.29, 1.82) is 0 Å². The minimum atomic E-state index is -0.565. The molecule has 0 unspecified atom stereocenters. The molecule has 122 valence electrons. The van der Waals surface area contributed by atoms with Gasteiger partial charge in [0.15, 0.2) is 5.16 Å². The molecule has 1 amide bonds. The summed E-state index contributed by atoms with van der Waals surface area (Å²) in [5, 5.41) is 11.3. The molecule has 1 N–H and O–H groups in total. The molecule has 0 aliphatic carbocycles. The van der Waals surface area contributed by atoms with Gasteiger partial charge in [0.25, 0.3) is 5.91 Å². The van der Waals surface area contributed by atoms with Crippen LogP contribution in [0.3, 0.4) is 0 Å². The number of rotatable bonds is 4. The lowest BCUT2D eigenvalue weighted by molar-refractivity contribution is 0.102. The number of hydrogen-bond donors (Lipinski definition) is 1. The first-order valence-electron chi connectivity index (χ1n) is 6.91. The highest BCUT2D eigenvalue weighted by molar-refractivity contribution is 9.10. The van der Waals surface area contributed by atoms with Crippen LogP contribution in [0.15, 0.2) is 63.3 Å². The van der Waals surface area contributed by atoms with Crippen molar-refractivity contribution in [2.45, 2.75) is 10.1 Å². The third-order valence-corrected chi connectivity index (χ3v) is 4.72. The summed E-state index contributed by atoms with van der Waals surface area (Å²) < 4.78 is 16.2. The van der Waals surface area contributed by atoms with E-state index in [4.69, 9.17) is 0 Å². The smallest absolute Gasteiger partial charge is 0.258 e. The molecular weight excluding hydrogens is 395 g/mol. The molecule has 0 saturated heterocycles. The van der Waals surface area contributed by atoms with Crippen molar-refractivity contribution in [3.63, 3.8) is 0 Å². The van der Waals surface area contributed by atoms with Crippen LogP contribution in [0.5, 0.6) is 0 Å². The van der Waals surface area contributed by atoms with Gasteiger partial charge in [-0.2, -0.15) is 0 Å². The summed E-state index contributed by atoms with van der Waals surface area (Å²) in [5.41, 5.74) is 0.573. The number of benzene rings is 2. The maximum Gasteiger partial charge on any atom is 0.258 e. The van der Waals surface area contributed by atoms with Gasteiger partial charge in [0.2, 0.25) is 0 Å². The average Bonchev–Trinajstić information content (AvgIpc) is 2.96. The number of carbonyl (C=O) groups is 1. The standard InChI is InChI=1S/C16H12BrFN4OS/c1-22-9-19-21-16(22)24-12-5-3-11(4-6-12)20-15(23)13-8-10(17)2-7-14(13)18/h2-9H,1H3,(H,20,23). The largest absolute Gasteiger partial charge is 0.322 e. The Balaban J connectivity index is 1.71. The van der Waals surface area contributed by atoms with E-state index in [1.54, 1.807) is 24.5 Å². The first-order chi connectivity index (χ1) is 11.5. The Morgan fingerprint density at radius 1 is 1.25 bits per heavy atom. The highest BCUT2D eigenvalue weighted by Gasteiger charge is 2.12. The van der Waals surface area contributed by atoms with E-state index in [2.05, 4.69) is 31.4 Å². The molecular formula is C16H12BrFN4OS. The molecule has 0 spiro atoms. The Kier molecular flexibility index (Phi) is 4.96. The Bertz CT molecular complexity index is 882. The average molecular weight is 407 g/mol. The number of carbonyl (C=O) groups excluding carboxylic acids is 1. The number of hydrogen-bond acceptors (Lipinski definition) is 4. The molecule has 0 atom stereocenters. The second kappa shape index (κ2) is 7.14. The fourth-order valence-corrected chi connectivity index (χ4v) is 3.07. The van der Waals surface area contributed by atoms with Gasteiger partial charge in [-0.15, -0.1) is 10.2 Å². The van der Waals surface area contributed by atoms with Crippen LogP contribution in [0, 0.1) is 5.82 Å². The van der Waals surface area contributed by atoms with Gasteiger partial charge in [0.05, 0.1) is 5.56 Å². The van der Waals surface area contributed by atoms with Crippen LogP contribution in [0.2, 0.25) is 0 Å². The lowest BCUT2D eigenvalue weighted by atomic mass is 10.2. The molecule has 0 aliphatic rings. The predicted molar refractivity (Wildman–Crippen MR) is 93.6 cm³/mol. The topological polar surface area (TPSA) is 59.8 Å². The van der Waals surface area contributed by atoms with Crippen LogP contribution in [0.1, 0.15) is 10.4 Å². The molecule has 0 saturated carbocycles. The zero-order chi connectivity index (χ0) is 17.1. The Labute approximate surface area is 150 Å². The maximum absolute atomic E-state index is 13.7. The van der Waals surface area contributed by atoms with Crippen molar-refractivity contribution in [1.82, 2.24) is 14.8 Å². The first kappa shape index (κ1) is 16.7. The molecule has 0 fully saturated rings. The van der Waals surface area contributed by atoms with Gasteiger partial charge in [-0.3, -0.25) is 4.79 Å². The molecule has 2 aromatic carbocycles. The molecule has 0 radical (unpaired) electrons. The quantitative estimate of drug-likeness (QED) is 0.707. The highest BCUT2D eigenvalue weighted by Crippen LogP contribution is 2.26. The number of halogens is 2. The lowest BCUT2D eigenvalue weighted by Gasteiger charge is -2.07. The molecule has 1 aromatic heterocycles. The number of amides is 1. The zero-order valence-electron chi connectivity index (χ0n) is 12.5.